The summed E-state index contributed by atoms with van der Waals surface area (Å²) in [4.78, 5) is 0. The highest BCUT2D eigenvalue weighted by atomic mass is 32.2. The van der Waals surface area contributed by atoms with Gasteiger partial charge in [-0.3, -0.25) is 0 Å². The first-order chi connectivity index (χ1) is 8.92. The van der Waals surface area contributed by atoms with E-state index in [0.29, 0.717) is 6.54 Å². The first kappa shape index (κ1) is 13.0. The molecule has 0 aliphatic rings. The van der Waals surface area contributed by atoms with Gasteiger partial charge in [-0.25, -0.2) is 0 Å². The molecule has 2 rings (SSSR count). The minimum absolute atomic E-state index is 0.691. The van der Waals surface area contributed by atoms with Gasteiger partial charge in [0.05, 0.1) is 12.2 Å². The van der Waals surface area contributed by atoms with Crippen LogP contribution in [0, 0.1) is 0 Å². The van der Waals surface area contributed by atoms with E-state index >= 15 is 0 Å². The van der Waals surface area contributed by atoms with Crippen molar-refractivity contribution in [2.24, 2.45) is 0 Å². The van der Waals surface area contributed by atoms with E-state index < -0.39 is 0 Å². The topological polar surface area (TPSA) is 55.6 Å². The third-order valence-electron chi connectivity index (χ3n) is 2.52. The molecule has 5 nitrogen and oxygen atoms in total. The number of aromatic nitrogens is 4. The summed E-state index contributed by atoms with van der Waals surface area (Å²) in [5.41, 5.74) is 0.989. The third-order valence-corrected chi connectivity index (χ3v) is 3.22. The molecule has 0 saturated heterocycles. The van der Waals surface area contributed by atoms with E-state index in [1.807, 2.05) is 42.1 Å². The van der Waals surface area contributed by atoms with E-state index in [0.717, 1.165) is 24.5 Å². The van der Waals surface area contributed by atoms with Gasteiger partial charge in [0, 0.05) is 0 Å². The summed E-state index contributed by atoms with van der Waals surface area (Å²) >= 11 is 1.86. The molecular formula is C12H17N5S. The van der Waals surface area contributed by atoms with Crippen molar-refractivity contribution in [3.63, 3.8) is 0 Å². The summed E-state index contributed by atoms with van der Waals surface area (Å²) in [6.45, 7) is 1.68. The second kappa shape index (κ2) is 7.13. The van der Waals surface area contributed by atoms with E-state index in [9.17, 15) is 0 Å². The Morgan fingerprint density at radius 3 is 2.89 bits per heavy atom. The largest absolute Gasteiger partial charge is 0.310 e. The fourth-order valence-electron chi connectivity index (χ4n) is 1.63. The van der Waals surface area contributed by atoms with Gasteiger partial charge in [0.1, 0.15) is 0 Å². The number of hydrogen-bond donors (Lipinski definition) is 1. The van der Waals surface area contributed by atoms with Crippen LogP contribution < -0.4 is 5.32 Å². The second-order valence-corrected chi connectivity index (χ2v) is 4.85. The molecule has 2 aromatic rings. The summed E-state index contributed by atoms with van der Waals surface area (Å²) in [6, 6.07) is 9.93. The van der Waals surface area contributed by atoms with Crippen LogP contribution in [-0.4, -0.2) is 38.8 Å². The normalized spacial score (nSPS) is 10.7. The number of nitrogens with one attached hydrogen (secondary N) is 1. The van der Waals surface area contributed by atoms with Gasteiger partial charge >= 0.3 is 0 Å². The molecule has 1 N–H and O–H groups in total. The third kappa shape index (κ3) is 3.54. The summed E-state index contributed by atoms with van der Waals surface area (Å²) in [5.74, 6) is 2.02. The molecule has 18 heavy (non-hydrogen) atoms. The lowest BCUT2D eigenvalue weighted by Crippen LogP contribution is -2.18. The highest BCUT2D eigenvalue weighted by molar-refractivity contribution is 7.98. The molecule has 0 amide bonds. The van der Waals surface area contributed by atoms with Gasteiger partial charge in [-0.1, -0.05) is 18.2 Å². The van der Waals surface area contributed by atoms with Gasteiger partial charge in [-0.15, -0.1) is 5.10 Å². The number of rotatable bonds is 7. The average Bonchev–Trinajstić information content (AvgIpc) is 2.88. The molecule has 0 aliphatic carbocycles. The van der Waals surface area contributed by atoms with Crippen molar-refractivity contribution in [2.75, 3.05) is 18.6 Å². The van der Waals surface area contributed by atoms with Gasteiger partial charge in [0.25, 0.3) is 0 Å². The Morgan fingerprint density at radius 2 is 2.11 bits per heavy atom. The van der Waals surface area contributed by atoms with E-state index in [1.54, 1.807) is 4.68 Å². The number of tetrazole rings is 1. The molecule has 0 aliphatic heterocycles. The first-order valence-corrected chi connectivity index (χ1v) is 7.33. The van der Waals surface area contributed by atoms with Crippen LogP contribution in [0.5, 0.6) is 0 Å². The zero-order valence-corrected chi connectivity index (χ0v) is 11.2. The molecule has 1 aromatic carbocycles. The molecule has 1 aromatic heterocycles. The Labute approximate surface area is 111 Å². The number of nitrogens with zero attached hydrogens (tertiary/aromatic N) is 4. The average molecular weight is 263 g/mol. The maximum Gasteiger partial charge on any atom is 0.170 e. The van der Waals surface area contributed by atoms with Crippen molar-refractivity contribution in [1.82, 2.24) is 25.5 Å². The zero-order chi connectivity index (χ0) is 12.6. The lowest BCUT2D eigenvalue weighted by atomic mass is 10.3. The summed E-state index contributed by atoms with van der Waals surface area (Å²) in [6.07, 6.45) is 3.28. The Balaban J connectivity index is 1.92. The van der Waals surface area contributed by atoms with Gasteiger partial charge in [-0.05, 0) is 47.5 Å². The molecule has 96 valence electrons. The SMILES string of the molecule is CSCCCNCc1nnnn1-c1ccccc1. The Morgan fingerprint density at radius 1 is 1.28 bits per heavy atom. The number of hydrogen-bond acceptors (Lipinski definition) is 5. The molecule has 0 unspecified atom stereocenters. The summed E-state index contributed by atoms with van der Waals surface area (Å²) < 4.78 is 1.77. The highest BCUT2D eigenvalue weighted by Gasteiger charge is 2.06. The Bertz CT molecular complexity index is 457. The Kier molecular flexibility index (Phi) is 5.16. The summed E-state index contributed by atoms with van der Waals surface area (Å²) in [5, 5.41) is 15.1. The van der Waals surface area contributed by atoms with E-state index in [2.05, 4.69) is 27.1 Å². The monoisotopic (exact) mass is 263 g/mol. The fourth-order valence-corrected chi connectivity index (χ4v) is 2.06. The molecule has 0 bridgehead atoms. The van der Waals surface area contributed by atoms with Crippen LogP contribution in [0.25, 0.3) is 5.69 Å². The van der Waals surface area contributed by atoms with Crippen LogP contribution in [0.2, 0.25) is 0 Å². The fraction of sp³-hybridized carbons (Fsp3) is 0.417. The maximum atomic E-state index is 4.04. The second-order valence-electron chi connectivity index (χ2n) is 3.87. The molecule has 1 heterocycles. The quantitative estimate of drug-likeness (QED) is 0.767. The van der Waals surface area contributed by atoms with Crippen molar-refractivity contribution >= 4 is 11.8 Å². The van der Waals surface area contributed by atoms with Gasteiger partial charge in [0.15, 0.2) is 5.82 Å². The maximum absolute atomic E-state index is 4.04. The molecule has 6 heteroatoms. The lowest BCUT2D eigenvalue weighted by molar-refractivity contribution is 0.635. The van der Waals surface area contributed by atoms with E-state index in [4.69, 9.17) is 0 Å². The standard InChI is InChI=1S/C12H17N5S/c1-18-9-5-8-13-10-12-14-15-16-17(12)11-6-3-2-4-7-11/h2-4,6-7,13H,5,8-10H2,1H3. The van der Waals surface area contributed by atoms with Crippen molar-refractivity contribution < 1.29 is 0 Å². The van der Waals surface area contributed by atoms with Crippen molar-refractivity contribution in [3.05, 3.63) is 36.2 Å². The van der Waals surface area contributed by atoms with Crippen LogP contribution in [0.1, 0.15) is 12.2 Å². The van der Waals surface area contributed by atoms with Crippen molar-refractivity contribution in [3.8, 4) is 5.69 Å². The van der Waals surface area contributed by atoms with Crippen molar-refractivity contribution in [1.29, 1.82) is 0 Å². The van der Waals surface area contributed by atoms with Crippen LogP contribution in [0.15, 0.2) is 30.3 Å². The number of para-hydroxylation sites is 1. The van der Waals surface area contributed by atoms with Crippen LogP contribution >= 0.6 is 11.8 Å². The molecule has 0 radical (unpaired) electrons. The zero-order valence-electron chi connectivity index (χ0n) is 10.4. The van der Waals surface area contributed by atoms with Crippen LogP contribution in [0.4, 0.5) is 0 Å². The smallest absolute Gasteiger partial charge is 0.170 e. The van der Waals surface area contributed by atoms with Gasteiger partial charge < -0.3 is 5.32 Å². The van der Waals surface area contributed by atoms with E-state index in [1.165, 1.54) is 5.75 Å². The lowest BCUT2D eigenvalue weighted by Gasteiger charge is -2.05. The number of thioether (sulfide) groups is 1. The molecule has 0 atom stereocenters. The molecular weight excluding hydrogens is 246 g/mol. The van der Waals surface area contributed by atoms with Gasteiger partial charge in [0.2, 0.25) is 0 Å². The van der Waals surface area contributed by atoms with Crippen LogP contribution in [0.3, 0.4) is 0 Å². The minimum Gasteiger partial charge on any atom is -0.310 e. The van der Waals surface area contributed by atoms with Gasteiger partial charge in [-0.2, -0.15) is 16.4 Å². The first-order valence-electron chi connectivity index (χ1n) is 5.94. The molecule has 0 spiro atoms. The summed E-state index contributed by atoms with van der Waals surface area (Å²) in [7, 11) is 0. The molecule has 0 saturated carbocycles. The van der Waals surface area contributed by atoms with E-state index in [-0.39, 0.29) is 0 Å². The number of benzene rings is 1. The van der Waals surface area contributed by atoms with Crippen molar-refractivity contribution in [2.45, 2.75) is 13.0 Å². The Hall–Kier alpha value is -1.40. The predicted octanol–water partition coefficient (Wildman–Crippen LogP) is 1.50. The molecule has 0 fully saturated rings. The van der Waals surface area contributed by atoms with Crippen LogP contribution in [-0.2, 0) is 6.54 Å². The highest BCUT2D eigenvalue weighted by Crippen LogP contribution is 2.06. The predicted molar refractivity (Wildman–Crippen MR) is 73.9 cm³/mol. The minimum atomic E-state index is 0.691.